The molecule has 0 radical (unpaired) electrons. The number of methoxy groups -OCH3 is 1. The molecule has 3 heterocycles. The first-order valence-electron chi connectivity index (χ1n) is 11.7. The highest BCUT2D eigenvalue weighted by molar-refractivity contribution is 7.17. The number of hydrogen-bond donors (Lipinski definition) is 0. The van der Waals surface area contributed by atoms with Crippen molar-refractivity contribution in [3.63, 3.8) is 0 Å². The van der Waals surface area contributed by atoms with Gasteiger partial charge < -0.3 is 14.5 Å². The molecule has 1 saturated heterocycles. The fourth-order valence-corrected chi connectivity index (χ4v) is 5.36. The van der Waals surface area contributed by atoms with Crippen molar-refractivity contribution in [2.75, 3.05) is 38.2 Å². The van der Waals surface area contributed by atoms with Crippen LogP contribution in [-0.4, -0.2) is 53.6 Å². The quantitative estimate of drug-likeness (QED) is 0.407. The number of aryl methyl sites for hydroxylation is 2. The lowest BCUT2D eigenvalue weighted by Gasteiger charge is -2.36. The van der Waals surface area contributed by atoms with Crippen molar-refractivity contribution < 1.29 is 9.53 Å². The Bertz CT molecular complexity index is 1380. The second-order valence-electron chi connectivity index (χ2n) is 8.75. The molecule has 1 amide bonds. The lowest BCUT2D eigenvalue weighted by atomic mass is 10.1. The molecule has 4 aromatic rings. The molecule has 1 aliphatic rings. The number of piperazine rings is 1. The van der Waals surface area contributed by atoms with Gasteiger partial charge in [0, 0.05) is 55.8 Å². The van der Waals surface area contributed by atoms with E-state index in [1.54, 1.807) is 18.0 Å². The van der Waals surface area contributed by atoms with Gasteiger partial charge in [0.1, 0.15) is 10.6 Å². The summed E-state index contributed by atoms with van der Waals surface area (Å²) in [5, 5.41) is 2.61. The molecule has 0 aliphatic carbocycles. The lowest BCUT2D eigenvalue weighted by molar-refractivity contribution is -0.131. The summed E-state index contributed by atoms with van der Waals surface area (Å²) in [6.45, 7) is 5.25. The molecule has 180 valence electrons. The minimum atomic E-state index is -0.0936. The Morgan fingerprint density at radius 1 is 1.03 bits per heavy atom. The maximum absolute atomic E-state index is 13.3. The van der Waals surface area contributed by atoms with E-state index in [-0.39, 0.29) is 17.9 Å². The van der Waals surface area contributed by atoms with E-state index in [0.717, 1.165) is 40.5 Å². The Morgan fingerprint density at radius 3 is 2.43 bits per heavy atom. The van der Waals surface area contributed by atoms with Gasteiger partial charge in [0.05, 0.1) is 18.8 Å². The van der Waals surface area contributed by atoms with E-state index < -0.39 is 0 Å². The SMILES string of the molecule is COc1ccc(N2CCN(C(=O)CCn3cnc4scc(-c5ccc(C)cc5)c4c3=O)CC2)cc1. The number of aromatic nitrogens is 2. The van der Waals surface area contributed by atoms with E-state index in [1.165, 1.54) is 16.9 Å². The van der Waals surface area contributed by atoms with E-state index >= 15 is 0 Å². The molecule has 1 fully saturated rings. The summed E-state index contributed by atoms with van der Waals surface area (Å²) >= 11 is 1.47. The monoisotopic (exact) mass is 488 g/mol. The highest BCUT2D eigenvalue weighted by Crippen LogP contribution is 2.30. The van der Waals surface area contributed by atoms with Crippen LogP contribution in [0.4, 0.5) is 5.69 Å². The van der Waals surface area contributed by atoms with Gasteiger partial charge in [0.15, 0.2) is 0 Å². The number of benzene rings is 2. The Morgan fingerprint density at radius 2 is 1.74 bits per heavy atom. The molecule has 0 N–H and O–H groups in total. The standard InChI is InChI=1S/C27H28N4O3S/c1-19-3-5-20(6-4-19)23-17-35-26-25(23)27(33)31(18-28-26)12-11-24(32)30-15-13-29(14-16-30)21-7-9-22(34-2)10-8-21/h3-10,17-18H,11-16H2,1-2H3. The average Bonchev–Trinajstić information content (AvgIpc) is 3.34. The third-order valence-corrected chi connectivity index (χ3v) is 7.45. The van der Waals surface area contributed by atoms with Crippen LogP contribution in [0.5, 0.6) is 5.75 Å². The van der Waals surface area contributed by atoms with Crippen molar-refractivity contribution in [1.29, 1.82) is 0 Å². The van der Waals surface area contributed by atoms with Crippen molar-refractivity contribution in [2.24, 2.45) is 0 Å². The number of carbonyl (C=O) groups excluding carboxylic acids is 1. The summed E-state index contributed by atoms with van der Waals surface area (Å²) in [5.74, 6) is 0.898. The number of thiophene rings is 1. The van der Waals surface area contributed by atoms with Crippen molar-refractivity contribution in [2.45, 2.75) is 19.9 Å². The fraction of sp³-hybridized carbons (Fsp3) is 0.296. The van der Waals surface area contributed by atoms with Crippen LogP contribution in [0.25, 0.3) is 21.3 Å². The van der Waals surface area contributed by atoms with Gasteiger partial charge in [-0.15, -0.1) is 11.3 Å². The lowest BCUT2D eigenvalue weighted by Crippen LogP contribution is -2.49. The molecule has 0 saturated carbocycles. The number of carbonyl (C=O) groups is 1. The smallest absolute Gasteiger partial charge is 0.262 e. The molecule has 2 aromatic heterocycles. The number of anilines is 1. The van der Waals surface area contributed by atoms with Gasteiger partial charge in [-0.1, -0.05) is 29.8 Å². The van der Waals surface area contributed by atoms with E-state index in [0.29, 0.717) is 25.0 Å². The first-order valence-corrected chi connectivity index (χ1v) is 12.6. The predicted octanol–water partition coefficient (Wildman–Crippen LogP) is 4.18. The highest BCUT2D eigenvalue weighted by Gasteiger charge is 2.22. The van der Waals surface area contributed by atoms with E-state index in [2.05, 4.69) is 9.88 Å². The van der Waals surface area contributed by atoms with Crippen molar-refractivity contribution in [3.8, 4) is 16.9 Å². The molecule has 0 unspecified atom stereocenters. The van der Waals surface area contributed by atoms with Crippen molar-refractivity contribution in [1.82, 2.24) is 14.5 Å². The minimum absolute atomic E-state index is 0.0652. The number of rotatable bonds is 6. The first-order chi connectivity index (χ1) is 17.0. The molecule has 0 bridgehead atoms. The second kappa shape index (κ2) is 9.92. The summed E-state index contributed by atoms with van der Waals surface area (Å²) < 4.78 is 6.80. The second-order valence-corrected chi connectivity index (χ2v) is 9.61. The highest BCUT2D eigenvalue weighted by atomic mass is 32.1. The van der Waals surface area contributed by atoms with E-state index in [4.69, 9.17) is 4.74 Å². The van der Waals surface area contributed by atoms with Crippen LogP contribution in [-0.2, 0) is 11.3 Å². The minimum Gasteiger partial charge on any atom is -0.497 e. The number of fused-ring (bicyclic) bond motifs is 1. The van der Waals surface area contributed by atoms with E-state index in [9.17, 15) is 9.59 Å². The molecular weight excluding hydrogens is 460 g/mol. The van der Waals surface area contributed by atoms with Crippen LogP contribution in [0.3, 0.4) is 0 Å². The van der Waals surface area contributed by atoms with Gasteiger partial charge in [-0.2, -0.15) is 0 Å². The largest absolute Gasteiger partial charge is 0.497 e. The Balaban J connectivity index is 1.23. The number of nitrogens with zero attached hydrogens (tertiary/aromatic N) is 4. The van der Waals surface area contributed by atoms with Crippen molar-refractivity contribution in [3.05, 3.63) is 76.2 Å². The summed E-state index contributed by atoms with van der Waals surface area (Å²) in [7, 11) is 1.66. The molecule has 1 aliphatic heterocycles. The molecular formula is C27H28N4O3S. The van der Waals surface area contributed by atoms with Crippen LogP contribution in [0, 0.1) is 6.92 Å². The maximum Gasteiger partial charge on any atom is 0.262 e. The fourth-order valence-electron chi connectivity index (χ4n) is 4.45. The summed E-state index contributed by atoms with van der Waals surface area (Å²) in [4.78, 5) is 35.6. The molecule has 8 heteroatoms. The molecule has 2 aromatic carbocycles. The van der Waals surface area contributed by atoms with Crippen molar-refractivity contribution >= 4 is 33.1 Å². The van der Waals surface area contributed by atoms with Crippen LogP contribution >= 0.6 is 11.3 Å². The van der Waals surface area contributed by atoms with Crippen LogP contribution in [0.2, 0.25) is 0 Å². The third-order valence-electron chi connectivity index (χ3n) is 6.56. The zero-order valence-corrected chi connectivity index (χ0v) is 20.8. The average molecular weight is 489 g/mol. The zero-order chi connectivity index (χ0) is 24.4. The molecule has 0 spiro atoms. The summed E-state index contributed by atoms with van der Waals surface area (Å²) in [6.07, 6.45) is 1.84. The summed E-state index contributed by atoms with van der Waals surface area (Å²) in [6, 6.07) is 16.1. The van der Waals surface area contributed by atoms with Gasteiger partial charge in [-0.25, -0.2) is 4.98 Å². The molecule has 7 nitrogen and oxygen atoms in total. The number of ether oxygens (including phenoxy) is 1. The number of hydrogen-bond acceptors (Lipinski definition) is 6. The molecule has 0 atom stereocenters. The number of amides is 1. The zero-order valence-electron chi connectivity index (χ0n) is 19.9. The summed E-state index contributed by atoms with van der Waals surface area (Å²) in [5.41, 5.74) is 4.11. The Labute approximate surface area is 208 Å². The van der Waals surface area contributed by atoms with Crippen LogP contribution < -0.4 is 15.2 Å². The third kappa shape index (κ3) is 4.79. The topological polar surface area (TPSA) is 67.7 Å². The van der Waals surface area contributed by atoms with Crippen LogP contribution in [0.15, 0.2) is 65.0 Å². The van der Waals surface area contributed by atoms with Crippen LogP contribution in [0.1, 0.15) is 12.0 Å². The molecule has 5 rings (SSSR count). The molecule has 35 heavy (non-hydrogen) atoms. The Hall–Kier alpha value is -3.65. The van der Waals surface area contributed by atoms with Gasteiger partial charge in [-0.05, 0) is 36.8 Å². The predicted molar refractivity (Wildman–Crippen MR) is 140 cm³/mol. The van der Waals surface area contributed by atoms with Gasteiger partial charge in [-0.3, -0.25) is 14.2 Å². The van der Waals surface area contributed by atoms with E-state index in [1.807, 2.05) is 65.7 Å². The van der Waals surface area contributed by atoms with Gasteiger partial charge in [0.25, 0.3) is 5.56 Å². The normalized spacial score (nSPS) is 13.9. The van der Waals surface area contributed by atoms with Gasteiger partial charge >= 0.3 is 0 Å². The maximum atomic E-state index is 13.3. The Kier molecular flexibility index (Phi) is 6.55. The first kappa shape index (κ1) is 23.1. The van der Waals surface area contributed by atoms with Gasteiger partial charge in [0.2, 0.25) is 5.91 Å².